The highest BCUT2D eigenvalue weighted by Gasteiger charge is 2.36. The average molecular weight is 334 g/mol. The van der Waals surface area contributed by atoms with Crippen molar-refractivity contribution >= 4 is 12.4 Å². The van der Waals surface area contributed by atoms with Crippen LogP contribution >= 0.6 is 12.4 Å². The molecule has 0 unspecified atom stereocenters. The van der Waals surface area contributed by atoms with Crippen LogP contribution in [0.5, 0.6) is 0 Å². The molecular formula is C14H16ClN7O. The summed E-state index contributed by atoms with van der Waals surface area (Å²) in [7, 11) is 0. The number of aromatic nitrogens is 6. The molecule has 8 nitrogen and oxygen atoms in total. The zero-order chi connectivity index (χ0) is 15.0. The van der Waals surface area contributed by atoms with Gasteiger partial charge in [0.1, 0.15) is 6.33 Å². The Balaban J connectivity index is 0.00000156. The van der Waals surface area contributed by atoms with E-state index in [0.717, 1.165) is 36.9 Å². The molecule has 1 saturated carbocycles. The van der Waals surface area contributed by atoms with E-state index in [0.29, 0.717) is 11.7 Å². The number of hydrogen-bond acceptors (Lipinski definition) is 7. The minimum Gasteiger partial charge on any atom is -0.334 e. The Labute approximate surface area is 138 Å². The van der Waals surface area contributed by atoms with Crippen molar-refractivity contribution in [2.45, 2.75) is 31.2 Å². The molecule has 9 heteroatoms. The van der Waals surface area contributed by atoms with E-state index in [4.69, 9.17) is 10.3 Å². The van der Waals surface area contributed by atoms with Gasteiger partial charge in [0.25, 0.3) is 5.89 Å². The number of nitrogens with two attached hydrogens (primary N) is 1. The van der Waals surface area contributed by atoms with Gasteiger partial charge in [-0.25, -0.2) is 4.68 Å². The summed E-state index contributed by atoms with van der Waals surface area (Å²) in [6.45, 7) is 0. The third-order valence-electron chi connectivity index (χ3n) is 4.09. The van der Waals surface area contributed by atoms with Crippen molar-refractivity contribution in [1.29, 1.82) is 0 Å². The van der Waals surface area contributed by atoms with Crippen LogP contribution in [0.1, 0.15) is 31.5 Å². The third kappa shape index (κ3) is 2.82. The number of halogens is 1. The first-order valence-electron chi connectivity index (χ1n) is 7.21. The van der Waals surface area contributed by atoms with E-state index in [1.807, 2.05) is 24.3 Å². The number of hydrogen-bond donors (Lipinski definition) is 1. The number of tetrazole rings is 1. The molecule has 1 aliphatic rings. The highest BCUT2D eigenvalue weighted by molar-refractivity contribution is 5.85. The Kier molecular flexibility index (Phi) is 4.10. The molecule has 2 N–H and O–H groups in total. The molecule has 3 aromatic rings. The van der Waals surface area contributed by atoms with Gasteiger partial charge < -0.3 is 10.3 Å². The van der Waals surface area contributed by atoms with Gasteiger partial charge in [0, 0.05) is 5.56 Å². The van der Waals surface area contributed by atoms with Gasteiger partial charge in [-0.05, 0) is 47.5 Å². The van der Waals surface area contributed by atoms with Crippen LogP contribution in [-0.2, 0) is 5.54 Å². The fourth-order valence-corrected chi connectivity index (χ4v) is 2.81. The van der Waals surface area contributed by atoms with Gasteiger partial charge in [-0.2, -0.15) is 4.98 Å². The van der Waals surface area contributed by atoms with Gasteiger partial charge >= 0.3 is 0 Å². The lowest BCUT2D eigenvalue weighted by molar-refractivity contribution is 0.372. The summed E-state index contributed by atoms with van der Waals surface area (Å²) >= 11 is 0. The topological polar surface area (TPSA) is 109 Å². The van der Waals surface area contributed by atoms with Crippen LogP contribution in [0.25, 0.3) is 17.1 Å². The maximum Gasteiger partial charge on any atom is 0.257 e. The molecule has 1 aromatic carbocycles. The molecule has 1 fully saturated rings. The quantitative estimate of drug-likeness (QED) is 0.779. The van der Waals surface area contributed by atoms with E-state index in [2.05, 4.69) is 25.7 Å². The molecule has 120 valence electrons. The van der Waals surface area contributed by atoms with Crippen LogP contribution in [0.3, 0.4) is 0 Å². The molecule has 0 atom stereocenters. The van der Waals surface area contributed by atoms with Crippen molar-refractivity contribution in [2.24, 2.45) is 5.73 Å². The lowest BCUT2D eigenvalue weighted by Crippen LogP contribution is -2.34. The second kappa shape index (κ2) is 6.05. The maximum absolute atomic E-state index is 6.35. The van der Waals surface area contributed by atoms with Crippen molar-refractivity contribution in [3.8, 4) is 17.1 Å². The molecule has 0 amide bonds. The van der Waals surface area contributed by atoms with E-state index in [1.165, 1.54) is 6.33 Å². The lowest BCUT2D eigenvalue weighted by Gasteiger charge is -2.17. The molecule has 2 aromatic heterocycles. The Hall–Kier alpha value is -2.32. The molecule has 0 bridgehead atoms. The summed E-state index contributed by atoms with van der Waals surface area (Å²) in [5, 5.41) is 15.1. The summed E-state index contributed by atoms with van der Waals surface area (Å²) in [5.41, 5.74) is 7.62. The van der Waals surface area contributed by atoms with Gasteiger partial charge in [-0.15, -0.1) is 17.5 Å². The zero-order valence-electron chi connectivity index (χ0n) is 12.3. The predicted molar refractivity (Wildman–Crippen MR) is 84.0 cm³/mol. The van der Waals surface area contributed by atoms with Crippen LogP contribution in [0.4, 0.5) is 0 Å². The second-order valence-electron chi connectivity index (χ2n) is 5.59. The predicted octanol–water partition coefficient (Wildman–Crippen LogP) is 1.86. The molecule has 23 heavy (non-hydrogen) atoms. The van der Waals surface area contributed by atoms with E-state index in [-0.39, 0.29) is 12.4 Å². The Morgan fingerprint density at radius 2 is 1.87 bits per heavy atom. The summed E-state index contributed by atoms with van der Waals surface area (Å²) in [5.74, 6) is 1.08. The standard InChI is InChI=1S/C14H15N7O.ClH/c15-14(7-1-2-8-14)13-17-12(22-18-13)10-3-5-11(6-4-10)21-9-16-19-20-21;/h3-6,9H,1-2,7-8,15H2;1H. The minimum atomic E-state index is -0.436. The average Bonchev–Trinajstić information content (AvgIpc) is 3.29. The molecule has 0 aliphatic heterocycles. The van der Waals surface area contributed by atoms with E-state index in [1.54, 1.807) is 4.68 Å². The molecule has 0 spiro atoms. The number of rotatable bonds is 3. The first kappa shape index (κ1) is 15.6. The van der Waals surface area contributed by atoms with E-state index in [9.17, 15) is 0 Å². The van der Waals surface area contributed by atoms with Gasteiger partial charge in [-0.1, -0.05) is 18.0 Å². The van der Waals surface area contributed by atoms with Gasteiger partial charge in [0.05, 0.1) is 11.2 Å². The lowest BCUT2D eigenvalue weighted by atomic mass is 9.99. The first-order valence-corrected chi connectivity index (χ1v) is 7.21. The smallest absolute Gasteiger partial charge is 0.257 e. The van der Waals surface area contributed by atoms with Crippen LogP contribution < -0.4 is 5.73 Å². The number of nitrogens with zero attached hydrogens (tertiary/aromatic N) is 6. The Morgan fingerprint density at radius 3 is 2.52 bits per heavy atom. The fourth-order valence-electron chi connectivity index (χ4n) is 2.81. The van der Waals surface area contributed by atoms with Crippen molar-refractivity contribution in [3.63, 3.8) is 0 Å². The van der Waals surface area contributed by atoms with Crippen molar-refractivity contribution in [1.82, 2.24) is 30.3 Å². The molecule has 0 radical (unpaired) electrons. The van der Waals surface area contributed by atoms with Gasteiger partial charge in [0.2, 0.25) is 0 Å². The van der Waals surface area contributed by atoms with Crippen LogP contribution in [0.15, 0.2) is 35.1 Å². The SMILES string of the molecule is Cl.NC1(c2noc(-c3ccc(-n4cnnn4)cc3)n2)CCCC1. The monoisotopic (exact) mass is 333 g/mol. The third-order valence-corrected chi connectivity index (χ3v) is 4.09. The Morgan fingerprint density at radius 1 is 1.13 bits per heavy atom. The zero-order valence-corrected chi connectivity index (χ0v) is 13.1. The van der Waals surface area contributed by atoms with Gasteiger partial charge in [-0.3, -0.25) is 0 Å². The first-order chi connectivity index (χ1) is 10.7. The van der Waals surface area contributed by atoms with Crippen molar-refractivity contribution < 1.29 is 4.52 Å². The van der Waals surface area contributed by atoms with Crippen LogP contribution in [-0.4, -0.2) is 30.3 Å². The van der Waals surface area contributed by atoms with E-state index < -0.39 is 5.54 Å². The van der Waals surface area contributed by atoms with Crippen LogP contribution in [0, 0.1) is 0 Å². The largest absolute Gasteiger partial charge is 0.334 e. The van der Waals surface area contributed by atoms with Gasteiger partial charge in [0.15, 0.2) is 5.82 Å². The molecule has 2 heterocycles. The molecule has 1 aliphatic carbocycles. The summed E-state index contributed by atoms with van der Waals surface area (Å²) in [6.07, 6.45) is 5.58. The summed E-state index contributed by atoms with van der Waals surface area (Å²) < 4.78 is 6.95. The van der Waals surface area contributed by atoms with E-state index >= 15 is 0 Å². The summed E-state index contributed by atoms with van der Waals surface area (Å²) in [4.78, 5) is 4.48. The molecular weight excluding hydrogens is 318 g/mol. The molecule has 4 rings (SSSR count). The van der Waals surface area contributed by atoms with Crippen molar-refractivity contribution in [2.75, 3.05) is 0 Å². The fraction of sp³-hybridized carbons (Fsp3) is 0.357. The second-order valence-corrected chi connectivity index (χ2v) is 5.59. The van der Waals surface area contributed by atoms with Crippen molar-refractivity contribution in [3.05, 3.63) is 36.4 Å². The minimum absolute atomic E-state index is 0. The number of benzene rings is 1. The molecule has 0 saturated heterocycles. The summed E-state index contributed by atoms with van der Waals surface area (Å²) in [6, 6.07) is 7.57. The van der Waals surface area contributed by atoms with Crippen LogP contribution in [0.2, 0.25) is 0 Å². The highest BCUT2D eigenvalue weighted by atomic mass is 35.5. The highest BCUT2D eigenvalue weighted by Crippen LogP contribution is 2.35. The normalized spacial score (nSPS) is 16.2. The Bertz CT molecular complexity index is 763. The maximum atomic E-state index is 6.35.